The number of hydrogen-bond donors (Lipinski definition) is 0. The van der Waals surface area contributed by atoms with E-state index in [1.54, 1.807) is 24.1 Å². The van der Waals surface area contributed by atoms with Crippen molar-refractivity contribution in [2.24, 2.45) is 4.99 Å². The Labute approximate surface area is 178 Å². The number of carbonyl (C=O) groups is 1. The number of benzene rings is 2. The van der Waals surface area contributed by atoms with Crippen molar-refractivity contribution in [1.29, 1.82) is 0 Å². The monoisotopic (exact) mass is 421 g/mol. The summed E-state index contributed by atoms with van der Waals surface area (Å²) in [6.07, 6.45) is 3.73. The quantitative estimate of drug-likeness (QED) is 0.529. The highest BCUT2D eigenvalue weighted by Crippen LogP contribution is 2.34. The average Bonchev–Trinajstić information content (AvgIpc) is 3.34. The van der Waals surface area contributed by atoms with Crippen molar-refractivity contribution in [3.63, 3.8) is 0 Å². The van der Waals surface area contributed by atoms with E-state index >= 15 is 0 Å². The molecule has 30 heavy (non-hydrogen) atoms. The Morgan fingerprint density at radius 3 is 2.50 bits per heavy atom. The summed E-state index contributed by atoms with van der Waals surface area (Å²) in [5.74, 6) is 0.385. The Morgan fingerprint density at radius 1 is 1.10 bits per heavy atom. The number of halogens is 1. The first-order valence-corrected chi connectivity index (χ1v) is 10.3. The summed E-state index contributed by atoms with van der Waals surface area (Å²) >= 11 is 1.34. The Bertz CT molecular complexity index is 1120. The highest BCUT2D eigenvalue weighted by Gasteiger charge is 2.32. The van der Waals surface area contributed by atoms with E-state index in [-0.39, 0.29) is 11.7 Å². The summed E-state index contributed by atoms with van der Waals surface area (Å²) in [6, 6.07) is 17.4. The van der Waals surface area contributed by atoms with E-state index in [0.29, 0.717) is 16.6 Å². The van der Waals surface area contributed by atoms with Crippen molar-refractivity contribution in [2.45, 2.75) is 6.92 Å². The minimum Gasteiger partial charge on any atom is -0.497 e. The van der Waals surface area contributed by atoms with Crippen LogP contribution in [0.4, 0.5) is 10.1 Å². The third-order valence-electron chi connectivity index (χ3n) is 4.67. The highest BCUT2D eigenvalue weighted by atomic mass is 32.2. The highest BCUT2D eigenvalue weighted by molar-refractivity contribution is 8.18. The maximum Gasteiger partial charge on any atom is 0.266 e. The first-order chi connectivity index (χ1) is 14.6. The van der Waals surface area contributed by atoms with E-state index in [1.165, 1.54) is 23.9 Å². The van der Waals surface area contributed by atoms with Gasteiger partial charge in [0, 0.05) is 24.1 Å². The fourth-order valence-electron chi connectivity index (χ4n) is 3.12. The number of aliphatic imine (C=N–C) groups is 1. The first-order valence-electron chi connectivity index (χ1n) is 9.46. The Kier molecular flexibility index (Phi) is 5.72. The fraction of sp³-hybridized carbons (Fsp3) is 0.130. The number of carbonyl (C=O) groups excluding carboxylic acids is 1. The molecule has 0 unspecified atom stereocenters. The molecule has 152 valence electrons. The fourth-order valence-corrected chi connectivity index (χ4v) is 4.17. The Balaban J connectivity index is 1.65. The van der Waals surface area contributed by atoms with Crippen LogP contribution in [-0.2, 0) is 4.79 Å². The summed E-state index contributed by atoms with van der Waals surface area (Å²) in [4.78, 5) is 19.8. The lowest BCUT2D eigenvalue weighted by Gasteiger charge is -2.12. The van der Waals surface area contributed by atoms with Crippen LogP contribution < -0.4 is 4.74 Å². The Hall–Kier alpha value is -3.32. The molecule has 1 aromatic heterocycles. The van der Waals surface area contributed by atoms with Crippen LogP contribution in [0.5, 0.6) is 5.75 Å². The van der Waals surface area contributed by atoms with Gasteiger partial charge in [0.05, 0.1) is 17.7 Å². The second-order valence-electron chi connectivity index (χ2n) is 6.53. The molecule has 7 heteroatoms. The third kappa shape index (κ3) is 4.02. The zero-order valence-corrected chi connectivity index (χ0v) is 17.4. The van der Waals surface area contributed by atoms with E-state index in [2.05, 4.69) is 4.99 Å². The van der Waals surface area contributed by atoms with E-state index < -0.39 is 0 Å². The second kappa shape index (κ2) is 8.59. The molecule has 0 radical (unpaired) electrons. The van der Waals surface area contributed by atoms with Crippen molar-refractivity contribution in [1.82, 2.24) is 9.47 Å². The summed E-state index contributed by atoms with van der Waals surface area (Å²) in [6.45, 7) is 2.45. The zero-order valence-electron chi connectivity index (χ0n) is 16.6. The van der Waals surface area contributed by atoms with Gasteiger partial charge in [-0.2, -0.15) is 0 Å². The summed E-state index contributed by atoms with van der Waals surface area (Å²) in [5, 5.41) is 0.638. The molecule has 2 heterocycles. The van der Waals surface area contributed by atoms with Crippen LogP contribution in [0.3, 0.4) is 0 Å². The van der Waals surface area contributed by atoms with Gasteiger partial charge in [0.25, 0.3) is 5.91 Å². The molecule has 1 amide bonds. The molecule has 0 bridgehead atoms. The normalized spacial score (nSPS) is 16.6. The molecule has 0 atom stereocenters. The number of thioether (sulfide) groups is 1. The van der Waals surface area contributed by atoms with Crippen molar-refractivity contribution in [3.8, 4) is 11.4 Å². The molecule has 0 saturated carbocycles. The number of nitrogens with zero attached hydrogens (tertiary/aromatic N) is 3. The van der Waals surface area contributed by atoms with Crippen LogP contribution in [0.25, 0.3) is 11.8 Å². The van der Waals surface area contributed by atoms with Gasteiger partial charge in [-0.1, -0.05) is 0 Å². The van der Waals surface area contributed by atoms with Crippen LogP contribution in [0.1, 0.15) is 12.6 Å². The maximum absolute atomic E-state index is 13.3. The smallest absolute Gasteiger partial charge is 0.266 e. The number of ether oxygens (including phenoxy) is 1. The number of rotatable bonds is 5. The van der Waals surface area contributed by atoms with E-state index in [0.717, 1.165) is 22.8 Å². The molecule has 1 aliphatic heterocycles. The van der Waals surface area contributed by atoms with Gasteiger partial charge >= 0.3 is 0 Å². The van der Waals surface area contributed by atoms with Crippen molar-refractivity contribution < 1.29 is 13.9 Å². The number of amides is 1. The van der Waals surface area contributed by atoms with Gasteiger partial charge in [-0.15, -0.1) is 0 Å². The first kappa shape index (κ1) is 20.0. The number of hydrogen-bond acceptors (Lipinski definition) is 4. The molecule has 1 fully saturated rings. The van der Waals surface area contributed by atoms with Gasteiger partial charge < -0.3 is 9.30 Å². The van der Waals surface area contributed by atoms with Crippen LogP contribution in [0.15, 0.2) is 76.8 Å². The molecule has 3 aromatic rings. The van der Waals surface area contributed by atoms with Gasteiger partial charge in [0.1, 0.15) is 11.6 Å². The van der Waals surface area contributed by atoms with E-state index in [1.807, 2.05) is 60.2 Å². The molecule has 2 aromatic carbocycles. The van der Waals surface area contributed by atoms with Crippen LogP contribution in [0, 0.1) is 5.82 Å². The zero-order chi connectivity index (χ0) is 21.1. The van der Waals surface area contributed by atoms with Crippen LogP contribution >= 0.6 is 11.8 Å². The summed E-state index contributed by atoms with van der Waals surface area (Å²) < 4.78 is 20.3. The van der Waals surface area contributed by atoms with Crippen LogP contribution in [0.2, 0.25) is 0 Å². The lowest BCUT2D eigenvalue weighted by atomic mass is 10.3. The predicted octanol–water partition coefficient (Wildman–Crippen LogP) is 5.25. The van der Waals surface area contributed by atoms with Gasteiger partial charge in [-0.05, 0) is 85.4 Å². The van der Waals surface area contributed by atoms with E-state index in [9.17, 15) is 9.18 Å². The molecular weight excluding hydrogens is 401 g/mol. The minimum absolute atomic E-state index is 0.0818. The average molecular weight is 421 g/mol. The SMILES string of the molecule is CCN1C(=O)/C(=C\c2cccn2-c2ccc(F)cc2)SC1=Nc1ccc(OC)cc1. The predicted molar refractivity (Wildman–Crippen MR) is 119 cm³/mol. The standard InChI is InChI=1S/C23H20FN3O2S/c1-3-26-22(28)21(30-23(26)25-17-8-12-20(29-2)13-9-17)15-19-5-4-14-27(19)18-10-6-16(24)7-11-18/h4-15H,3H2,1-2H3/b21-15+,25-23?. The lowest BCUT2D eigenvalue weighted by molar-refractivity contribution is -0.122. The topological polar surface area (TPSA) is 46.8 Å². The van der Waals surface area contributed by atoms with Crippen molar-refractivity contribution >= 4 is 34.6 Å². The van der Waals surface area contributed by atoms with Gasteiger partial charge in [-0.3, -0.25) is 9.69 Å². The number of methoxy groups -OCH3 is 1. The number of aromatic nitrogens is 1. The van der Waals surface area contributed by atoms with Gasteiger partial charge in [0.2, 0.25) is 0 Å². The number of likely N-dealkylation sites (N-methyl/N-ethyl adjacent to an activating group) is 1. The van der Waals surface area contributed by atoms with Crippen molar-refractivity contribution in [3.05, 3.63) is 83.3 Å². The largest absolute Gasteiger partial charge is 0.497 e. The molecule has 0 aliphatic carbocycles. The molecular formula is C23H20FN3O2S. The molecule has 4 rings (SSSR count). The maximum atomic E-state index is 13.3. The third-order valence-corrected chi connectivity index (χ3v) is 5.67. The summed E-state index contributed by atoms with van der Waals surface area (Å²) in [7, 11) is 1.62. The molecule has 1 saturated heterocycles. The molecule has 5 nitrogen and oxygen atoms in total. The minimum atomic E-state index is -0.287. The van der Waals surface area contributed by atoms with E-state index in [4.69, 9.17) is 4.74 Å². The molecule has 0 spiro atoms. The molecule has 0 N–H and O–H groups in total. The second-order valence-corrected chi connectivity index (χ2v) is 7.54. The summed E-state index contributed by atoms with van der Waals surface area (Å²) in [5.41, 5.74) is 2.41. The molecule has 1 aliphatic rings. The van der Waals surface area contributed by atoms with Gasteiger partial charge in [0.15, 0.2) is 5.17 Å². The van der Waals surface area contributed by atoms with Crippen molar-refractivity contribution in [2.75, 3.05) is 13.7 Å². The lowest BCUT2D eigenvalue weighted by Crippen LogP contribution is -2.28. The Morgan fingerprint density at radius 2 is 1.83 bits per heavy atom. The number of amidine groups is 1. The van der Waals surface area contributed by atoms with Crippen LogP contribution in [-0.4, -0.2) is 34.2 Å². The van der Waals surface area contributed by atoms with Gasteiger partial charge in [-0.25, -0.2) is 9.38 Å².